The number of rotatable bonds is 4. The van der Waals surface area contributed by atoms with E-state index in [1.54, 1.807) is 36.4 Å². The van der Waals surface area contributed by atoms with Gasteiger partial charge in [-0.1, -0.05) is 41.9 Å². The number of nitrogens with zero attached hydrogens (tertiary/aromatic N) is 2. The average Bonchev–Trinajstić information content (AvgIpc) is 3.02. The molecule has 0 unspecified atom stereocenters. The summed E-state index contributed by atoms with van der Waals surface area (Å²) in [6.45, 7) is 0.158. The van der Waals surface area contributed by atoms with Crippen LogP contribution in [0.4, 0.5) is 0 Å². The van der Waals surface area contributed by atoms with Gasteiger partial charge < -0.3 is 9.73 Å². The van der Waals surface area contributed by atoms with Crippen LogP contribution in [0.2, 0.25) is 5.02 Å². The Morgan fingerprint density at radius 1 is 1.05 bits per heavy atom. The minimum absolute atomic E-state index is 0.158. The number of amides is 1. The molecule has 3 aromatic rings. The topological polar surface area (TPSA) is 68.0 Å². The van der Waals surface area contributed by atoms with Crippen LogP contribution >= 0.6 is 11.6 Å². The maximum absolute atomic E-state index is 11.9. The first kappa shape index (κ1) is 14.3. The second kappa shape index (κ2) is 6.41. The lowest BCUT2D eigenvalue weighted by atomic mass is 10.2. The molecule has 3 rings (SSSR count). The molecular formula is C16H12ClN3O2. The Labute approximate surface area is 131 Å². The van der Waals surface area contributed by atoms with Gasteiger partial charge in [-0.05, 0) is 24.3 Å². The second-order valence-corrected chi connectivity index (χ2v) is 4.94. The van der Waals surface area contributed by atoms with Crippen LogP contribution in [0.15, 0.2) is 59.0 Å². The molecule has 6 heteroatoms. The van der Waals surface area contributed by atoms with Crippen molar-refractivity contribution >= 4 is 17.5 Å². The lowest BCUT2D eigenvalue weighted by molar-refractivity contribution is 0.0947. The summed E-state index contributed by atoms with van der Waals surface area (Å²) in [7, 11) is 0. The summed E-state index contributed by atoms with van der Waals surface area (Å²) in [5.41, 5.74) is 1.24. The molecule has 0 aliphatic carbocycles. The first-order chi connectivity index (χ1) is 10.7. The first-order valence-electron chi connectivity index (χ1n) is 6.64. The van der Waals surface area contributed by atoms with Gasteiger partial charge in [0.25, 0.3) is 5.91 Å². The van der Waals surface area contributed by atoms with Crippen LogP contribution in [0, 0.1) is 0 Å². The van der Waals surface area contributed by atoms with E-state index in [9.17, 15) is 4.79 Å². The zero-order valence-corrected chi connectivity index (χ0v) is 12.2. The molecule has 0 atom stereocenters. The Hall–Kier alpha value is -2.66. The molecule has 0 fully saturated rings. The smallest absolute Gasteiger partial charge is 0.251 e. The van der Waals surface area contributed by atoms with Crippen molar-refractivity contribution in [1.29, 1.82) is 0 Å². The Kier molecular flexibility index (Phi) is 4.16. The summed E-state index contributed by atoms with van der Waals surface area (Å²) >= 11 is 6.08. The quantitative estimate of drug-likeness (QED) is 0.802. The van der Waals surface area contributed by atoms with Gasteiger partial charge in [-0.3, -0.25) is 4.79 Å². The van der Waals surface area contributed by atoms with Gasteiger partial charge in [0.05, 0.1) is 17.1 Å². The molecule has 1 amide bonds. The molecule has 0 spiro atoms. The van der Waals surface area contributed by atoms with E-state index in [1.807, 2.05) is 18.2 Å². The minimum atomic E-state index is -0.196. The third-order valence-electron chi connectivity index (χ3n) is 3.01. The highest BCUT2D eigenvalue weighted by Crippen LogP contribution is 2.26. The molecular weight excluding hydrogens is 302 g/mol. The fourth-order valence-electron chi connectivity index (χ4n) is 1.92. The molecule has 1 aromatic heterocycles. The van der Waals surface area contributed by atoms with Crippen LogP contribution in [0.3, 0.4) is 0 Å². The number of nitrogens with one attached hydrogen (secondary N) is 1. The maximum Gasteiger partial charge on any atom is 0.251 e. The molecule has 5 nitrogen and oxygen atoms in total. The summed E-state index contributed by atoms with van der Waals surface area (Å²) < 4.78 is 5.52. The van der Waals surface area contributed by atoms with Crippen LogP contribution in [0.25, 0.3) is 11.5 Å². The number of carbonyl (C=O) groups is 1. The molecule has 0 radical (unpaired) electrons. The summed E-state index contributed by atoms with van der Waals surface area (Å²) in [6, 6.07) is 16.1. The zero-order chi connectivity index (χ0) is 15.4. The molecule has 0 aliphatic heterocycles. The summed E-state index contributed by atoms with van der Waals surface area (Å²) in [6.07, 6.45) is 0. The van der Waals surface area contributed by atoms with Crippen LogP contribution in [0.5, 0.6) is 0 Å². The first-order valence-corrected chi connectivity index (χ1v) is 7.02. The predicted molar refractivity (Wildman–Crippen MR) is 82.4 cm³/mol. The van der Waals surface area contributed by atoms with Gasteiger partial charge in [0, 0.05) is 5.56 Å². The highest BCUT2D eigenvalue weighted by molar-refractivity contribution is 6.33. The zero-order valence-electron chi connectivity index (χ0n) is 11.5. The number of hydrogen-bond acceptors (Lipinski definition) is 4. The lowest BCUT2D eigenvalue weighted by Gasteiger charge is -2.01. The molecule has 1 N–H and O–H groups in total. The highest BCUT2D eigenvalue weighted by Gasteiger charge is 2.12. The molecule has 110 valence electrons. The van der Waals surface area contributed by atoms with Crippen molar-refractivity contribution in [3.8, 4) is 11.5 Å². The third-order valence-corrected chi connectivity index (χ3v) is 3.34. The van der Waals surface area contributed by atoms with E-state index in [2.05, 4.69) is 15.5 Å². The number of carbonyl (C=O) groups excluding carboxylic acids is 1. The third kappa shape index (κ3) is 3.15. The van der Waals surface area contributed by atoms with Crippen molar-refractivity contribution in [2.24, 2.45) is 0 Å². The normalized spacial score (nSPS) is 10.4. The van der Waals surface area contributed by atoms with Crippen molar-refractivity contribution in [1.82, 2.24) is 15.5 Å². The average molecular weight is 314 g/mol. The van der Waals surface area contributed by atoms with Crippen LogP contribution in [-0.4, -0.2) is 16.1 Å². The Morgan fingerprint density at radius 3 is 2.55 bits per heavy atom. The largest absolute Gasteiger partial charge is 0.419 e. The molecule has 0 saturated carbocycles. The van der Waals surface area contributed by atoms with Crippen LogP contribution < -0.4 is 5.32 Å². The fourth-order valence-corrected chi connectivity index (χ4v) is 2.13. The number of halogens is 1. The van der Waals surface area contributed by atoms with Gasteiger partial charge in [-0.2, -0.15) is 0 Å². The monoisotopic (exact) mass is 313 g/mol. The highest BCUT2D eigenvalue weighted by atomic mass is 35.5. The van der Waals surface area contributed by atoms with E-state index >= 15 is 0 Å². The van der Waals surface area contributed by atoms with Gasteiger partial charge in [0.2, 0.25) is 11.8 Å². The Morgan fingerprint density at radius 2 is 1.77 bits per heavy atom. The summed E-state index contributed by atoms with van der Waals surface area (Å²) in [5.74, 6) is 0.451. The molecule has 22 heavy (non-hydrogen) atoms. The van der Waals surface area contributed by atoms with Gasteiger partial charge in [0.15, 0.2) is 0 Å². The van der Waals surface area contributed by atoms with E-state index in [0.717, 1.165) is 0 Å². The van der Waals surface area contributed by atoms with Crippen molar-refractivity contribution in [2.75, 3.05) is 0 Å². The van der Waals surface area contributed by atoms with E-state index < -0.39 is 0 Å². The van der Waals surface area contributed by atoms with E-state index in [1.165, 1.54) is 0 Å². The number of hydrogen-bond donors (Lipinski definition) is 1. The van der Waals surface area contributed by atoms with E-state index in [4.69, 9.17) is 16.0 Å². The van der Waals surface area contributed by atoms with Gasteiger partial charge in [0.1, 0.15) is 0 Å². The van der Waals surface area contributed by atoms with Gasteiger partial charge in [-0.15, -0.1) is 10.2 Å². The second-order valence-electron chi connectivity index (χ2n) is 4.53. The van der Waals surface area contributed by atoms with Crippen LogP contribution in [0.1, 0.15) is 16.2 Å². The van der Waals surface area contributed by atoms with Crippen molar-refractivity contribution in [3.63, 3.8) is 0 Å². The van der Waals surface area contributed by atoms with Gasteiger partial charge >= 0.3 is 0 Å². The summed E-state index contributed by atoms with van der Waals surface area (Å²) in [5, 5.41) is 11.1. The minimum Gasteiger partial charge on any atom is -0.419 e. The standard InChI is InChI=1S/C16H12ClN3O2/c17-13-9-5-4-8-12(13)16-20-19-14(22-16)10-18-15(21)11-6-2-1-3-7-11/h1-9H,10H2,(H,18,21). The van der Waals surface area contributed by atoms with Gasteiger partial charge in [-0.25, -0.2) is 0 Å². The fraction of sp³-hybridized carbons (Fsp3) is 0.0625. The number of benzene rings is 2. The molecule has 0 bridgehead atoms. The number of aromatic nitrogens is 2. The Balaban J connectivity index is 1.68. The predicted octanol–water partition coefficient (Wildman–Crippen LogP) is 3.32. The van der Waals surface area contributed by atoms with Crippen molar-refractivity contribution in [2.45, 2.75) is 6.54 Å². The molecule has 2 aromatic carbocycles. The summed E-state index contributed by atoms with van der Waals surface area (Å²) in [4.78, 5) is 11.9. The molecule has 0 saturated heterocycles. The van der Waals surface area contributed by atoms with Crippen LogP contribution in [-0.2, 0) is 6.54 Å². The molecule has 1 heterocycles. The molecule has 0 aliphatic rings. The van der Waals surface area contributed by atoms with Crippen molar-refractivity contribution < 1.29 is 9.21 Å². The Bertz CT molecular complexity index is 787. The SMILES string of the molecule is O=C(NCc1nnc(-c2ccccc2Cl)o1)c1ccccc1. The van der Waals surface area contributed by atoms with Crippen molar-refractivity contribution in [3.05, 3.63) is 71.1 Å². The van der Waals surface area contributed by atoms with E-state index in [-0.39, 0.29) is 12.5 Å². The van der Waals surface area contributed by atoms with E-state index in [0.29, 0.717) is 27.9 Å². The lowest BCUT2D eigenvalue weighted by Crippen LogP contribution is -2.22. The maximum atomic E-state index is 11.9.